The van der Waals surface area contributed by atoms with Crippen molar-refractivity contribution in [3.8, 4) is 0 Å². The van der Waals surface area contributed by atoms with E-state index in [1.54, 1.807) is 31.8 Å². The van der Waals surface area contributed by atoms with E-state index in [1.807, 2.05) is 13.8 Å². The quantitative estimate of drug-likeness (QED) is 0.640. The van der Waals surface area contributed by atoms with E-state index in [1.165, 1.54) is 4.90 Å². The number of anilines is 1. The van der Waals surface area contributed by atoms with E-state index in [0.717, 1.165) is 16.6 Å². The largest absolute Gasteiger partial charge is 0.360 e. The third-order valence-corrected chi connectivity index (χ3v) is 4.85. The number of carbonyl (C=O) groups excluding carboxylic acids is 2. The number of nitrogens with zero attached hydrogens (tertiary/aromatic N) is 4. The van der Waals surface area contributed by atoms with Crippen molar-refractivity contribution >= 4 is 28.7 Å². The van der Waals surface area contributed by atoms with Gasteiger partial charge in [0.2, 0.25) is 11.8 Å². The first-order valence-electron chi connectivity index (χ1n) is 9.19. The average Bonchev–Trinajstić information content (AvgIpc) is 3.16. The minimum atomic E-state index is -0.379. The molecule has 0 saturated carbocycles. The van der Waals surface area contributed by atoms with Crippen molar-refractivity contribution in [2.45, 2.75) is 33.6 Å². The lowest BCUT2D eigenvalue weighted by atomic mass is 10.0. The van der Waals surface area contributed by atoms with Gasteiger partial charge in [-0.1, -0.05) is 5.16 Å². The van der Waals surface area contributed by atoms with Gasteiger partial charge >= 0.3 is 0 Å². The van der Waals surface area contributed by atoms with E-state index < -0.39 is 0 Å². The van der Waals surface area contributed by atoms with Gasteiger partial charge in [0, 0.05) is 37.5 Å². The number of nitrogens with one attached hydrogen (secondary N) is 2. The number of aryl methyl sites for hydroxylation is 4. The number of amides is 2. The summed E-state index contributed by atoms with van der Waals surface area (Å²) in [5.74, 6) is 0.260. The van der Waals surface area contributed by atoms with Gasteiger partial charge in [-0.15, -0.1) is 0 Å². The summed E-state index contributed by atoms with van der Waals surface area (Å²) >= 11 is 0. The Morgan fingerprint density at radius 1 is 1.31 bits per heavy atom. The fourth-order valence-electron chi connectivity index (χ4n) is 3.39. The lowest BCUT2D eigenvalue weighted by Gasteiger charge is -2.16. The topological polar surface area (TPSA) is 126 Å². The van der Waals surface area contributed by atoms with Gasteiger partial charge in [0.1, 0.15) is 11.4 Å². The van der Waals surface area contributed by atoms with Gasteiger partial charge in [-0.25, -0.2) is 0 Å². The van der Waals surface area contributed by atoms with Crippen molar-refractivity contribution in [1.29, 1.82) is 0 Å². The molecule has 0 unspecified atom stereocenters. The number of rotatable bonds is 6. The third-order valence-electron chi connectivity index (χ3n) is 4.85. The standard InChI is InChI=1S/C19H24N6O4/c1-10-8-14(23-29-10)20-15(26)9-24(4)16(27)7-6-13-11(2)17-12(3)22-25(5)18(17)21-19(13)28/h8H,6-7,9H2,1-5H3,(H,21,28)(H,20,23,26). The predicted octanol–water partition coefficient (Wildman–Crippen LogP) is 1.20. The zero-order chi connectivity index (χ0) is 21.3. The molecule has 10 nitrogen and oxygen atoms in total. The molecular weight excluding hydrogens is 376 g/mol. The van der Waals surface area contributed by atoms with Crippen LogP contribution in [0.15, 0.2) is 15.4 Å². The molecule has 3 heterocycles. The van der Waals surface area contributed by atoms with Crippen molar-refractivity contribution in [3.05, 3.63) is 39.0 Å². The number of carbonyl (C=O) groups is 2. The van der Waals surface area contributed by atoms with Gasteiger partial charge in [-0.05, 0) is 32.8 Å². The van der Waals surface area contributed by atoms with Crippen LogP contribution in [0.5, 0.6) is 0 Å². The summed E-state index contributed by atoms with van der Waals surface area (Å²) in [5, 5.41) is 11.5. The van der Waals surface area contributed by atoms with Crippen LogP contribution < -0.4 is 10.9 Å². The van der Waals surface area contributed by atoms with Crippen LogP contribution in [0.2, 0.25) is 0 Å². The molecule has 2 amide bonds. The molecule has 0 fully saturated rings. The van der Waals surface area contributed by atoms with E-state index >= 15 is 0 Å². The van der Waals surface area contributed by atoms with E-state index in [2.05, 4.69) is 20.6 Å². The normalized spacial score (nSPS) is 11.1. The maximum atomic E-state index is 12.5. The lowest BCUT2D eigenvalue weighted by molar-refractivity contribution is -0.133. The monoisotopic (exact) mass is 400 g/mol. The van der Waals surface area contributed by atoms with Crippen LogP contribution in [0.4, 0.5) is 5.82 Å². The first kappa shape index (κ1) is 20.3. The Balaban J connectivity index is 1.65. The molecular formula is C19H24N6O4. The average molecular weight is 400 g/mol. The maximum Gasteiger partial charge on any atom is 0.253 e. The summed E-state index contributed by atoms with van der Waals surface area (Å²) in [6.45, 7) is 5.33. The van der Waals surface area contributed by atoms with Gasteiger partial charge in [0.25, 0.3) is 5.56 Å². The summed E-state index contributed by atoms with van der Waals surface area (Å²) < 4.78 is 6.52. The zero-order valence-electron chi connectivity index (χ0n) is 17.1. The van der Waals surface area contributed by atoms with Gasteiger partial charge in [-0.2, -0.15) is 5.10 Å². The third kappa shape index (κ3) is 4.20. The van der Waals surface area contributed by atoms with Crippen LogP contribution in [0.1, 0.15) is 29.0 Å². The Morgan fingerprint density at radius 3 is 2.69 bits per heavy atom. The highest BCUT2D eigenvalue weighted by atomic mass is 16.5. The fraction of sp³-hybridized carbons (Fsp3) is 0.421. The number of likely N-dealkylation sites (N-methyl/N-ethyl adjacent to an activating group) is 1. The molecule has 0 aliphatic heterocycles. The molecule has 0 saturated heterocycles. The molecule has 3 rings (SSSR count). The molecule has 0 bridgehead atoms. The van der Waals surface area contributed by atoms with Gasteiger partial charge in [0.05, 0.1) is 12.2 Å². The minimum Gasteiger partial charge on any atom is -0.360 e. The second kappa shape index (κ2) is 7.90. The van der Waals surface area contributed by atoms with Gasteiger partial charge in [-0.3, -0.25) is 19.1 Å². The Labute approximate surface area is 166 Å². The second-order valence-corrected chi connectivity index (χ2v) is 7.11. The predicted molar refractivity (Wildman–Crippen MR) is 107 cm³/mol. The molecule has 0 atom stereocenters. The second-order valence-electron chi connectivity index (χ2n) is 7.11. The number of hydrogen-bond donors (Lipinski definition) is 2. The molecule has 0 spiro atoms. The Hall–Kier alpha value is -3.43. The van der Waals surface area contributed by atoms with E-state index in [-0.39, 0.29) is 36.8 Å². The van der Waals surface area contributed by atoms with Crippen LogP contribution in [-0.4, -0.2) is 50.2 Å². The molecule has 10 heteroatoms. The van der Waals surface area contributed by atoms with Crippen molar-refractivity contribution in [2.75, 3.05) is 18.9 Å². The summed E-state index contributed by atoms with van der Waals surface area (Å²) in [6, 6.07) is 1.59. The highest BCUT2D eigenvalue weighted by Gasteiger charge is 2.18. The van der Waals surface area contributed by atoms with Crippen molar-refractivity contribution in [1.82, 2.24) is 24.8 Å². The van der Waals surface area contributed by atoms with Crippen molar-refractivity contribution in [2.24, 2.45) is 7.05 Å². The molecule has 0 radical (unpaired) electrons. The van der Waals surface area contributed by atoms with Crippen LogP contribution in [0, 0.1) is 20.8 Å². The lowest BCUT2D eigenvalue weighted by Crippen LogP contribution is -2.35. The van der Waals surface area contributed by atoms with Crippen LogP contribution in [0.3, 0.4) is 0 Å². The SMILES string of the molecule is Cc1cc(NC(=O)CN(C)C(=O)CCc2c(C)c3c(C)nn(C)c3[nH]c2=O)no1. The van der Waals surface area contributed by atoms with Crippen LogP contribution >= 0.6 is 0 Å². The summed E-state index contributed by atoms with van der Waals surface area (Å²) in [6.07, 6.45) is 0.389. The minimum absolute atomic E-state index is 0.113. The van der Waals surface area contributed by atoms with Gasteiger partial charge in [0.15, 0.2) is 5.82 Å². The zero-order valence-corrected chi connectivity index (χ0v) is 17.1. The Kier molecular flexibility index (Phi) is 5.53. The molecule has 2 N–H and O–H groups in total. The first-order valence-corrected chi connectivity index (χ1v) is 9.19. The highest BCUT2D eigenvalue weighted by Crippen LogP contribution is 2.21. The highest BCUT2D eigenvalue weighted by molar-refractivity contribution is 5.93. The van der Waals surface area contributed by atoms with Crippen molar-refractivity contribution < 1.29 is 14.1 Å². The maximum absolute atomic E-state index is 12.5. The number of H-pyrrole nitrogens is 1. The van der Waals surface area contributed by atoms with E-state index in [4.69, 9.17) is 4.52 Å². The molecule has 0 aromatic carbocycles. The Bertz CT molecular complexity index is 1140. The summed E-state index contributed by atoms with van der Waals surface area (Å²) in [5.41, 5.74) is 2.63. The van der Waals surface area contributed by atoms with Crippen LogP contribution in [0.25, 0.3) is 11.0 Å². The first-order chi connectivity index (χ1) is 13.7. The summed E-state index contributed by atoms with van der Waals surface area (Å²) in [7, 11) is 3.32. The van der Waals surface area contributed by atoms with Crippen molar-refractivity contribution in [3.63, 3.8) is 0 Å². The summed E-state index contributed by atoms with van der Waals surface area (Å²) in [4.78, 5) is 41.1. The van der Waals surface area contributed by atoms with Gasteiger partial charge < -0.3 is 19.7 Å². The smallest absolute Gasteiger partial charge is 0.253 e. The van der Waals surface area contributed by atoms with Crippen LogP contribution in [-0.2, 0) is 23.1 Å². The van der Waals surface area contributed by atoms with E-state index in [0.29, 0.717) is 22.8 Å². The number of fused-ring (bicyclic) bond motifs is 1. The Morgan fingerprint density at radius 2 is 2.03 bits per heavy atom. The number of aromatic amines is 1. The number of aromatic nitrogens is 4. The van der Waals surface area contributed by atoms with E-state index in [9.17, 15) is 14.4 Å². The number of hydrogen-bond acceptors (Lipinski definition) is 6. The molecule has 154 valence electrons. The molecule has 0 aliphatic rings. The number of pyridine rings is 1. The molecule has 3 aromatic rings. The molecule has 3 aromatic heterocycles. The molecule has 29 heavy (non-hydrogen) atoms. The molecule has 0 aliphatic carbocycles. The fourth-order valence-corrected chi connectivity index (χ4v) is 3.39.